The lowest BCUT2D eigenvalue weighted by molar-refractivity contribution is -0.143. The Labute approximate surface area is 101 Å². The molecule has 0 unspecified atom stereocenters. The zero-order chi connectivity index (χ0) is 12.3. The number of urea groups is 1. The fourth-order valence-corrected chi connectivity index (χ4v) is 2.37. The van der Waals surface area contributed by atoms with Crippen LogP contribution in [0.3, 0.4) is 0 Å². The number of carboxylic acid groups (broad SMARTS) is 1. The Hall–Kier alpha value is -1.26. The minimum atomic E-state index is -0.737. The molecule has 0 aromatic carbocycles. The van der Waals surface area contributed by atoms with Gasteiger partial charge < -0.3 is 15.3 Å². The standard InChI is InChI=1S/C12H20N2O3/c15-11(16)10-4-6-14(7-5-10)12(17)13-8-9-2-1-3-9/h9-10H,1-8H2,(H,13,17)(H,15,16). The molecule has 2 fully saturated rings. The minimum absolute atomic E-state index is 0.0271. The second-order valence-corrected chi connectivity index (χ2v) is 5.08. The molecule has 0 spiro atoms. The average molecular weight is 240 g/mol. The minimum Gasteiger partial charge on any atom is -0.481 e. The first-order chi connectivity index (χ1) is 8.16. The largest absolute Gasteiger partial charge is 0.481 e. The van der Waals surface area contributed by atoms with Crippen molar-refractivity contribution in [3.05, 3.63) is 0 Å². The first-order valence-corrected chi connectivity index (χ1v) is 6.42. The lowest BCUT2D eigenvalue weighted by Gasteiger charge is -2.32. The Morgan fingerprint density at radius 2 is 1.82 bits per heavy atom. The van der Waals surface area contributed by atoms with Gasteiger partial charge in [-0.05, 0) is 31.6 Å². The van der Waals surface area contributed by atoms with Crippen molar-refractivity contribution in [3.63, 3.8) is 0 Å². The van der Waals surface area contributed by atoms with Gasteiger partial charge in [-0.25, -0.2) is 4.79 Å². The van der Waals surface area contributed by atoms with Crippen molar-refractivity contribution >= 4 is 12.0 Å². The highest BCUT2D eigenvalue weighted by atomic mass is 16.4. The summed E-state index contributed by atoms with van der Waals surface area (Å²) in [4.78, 5) is 24.3. The fourth-order valence-electron chi connectivity index (χ4n) is 2.37. The molecular weight excluding hydrogens is 220 g/mol. The van der Waals surface area contributed by atoms with Gasteiger partial charge in [0.1, 0.15) is 0 Å². The number of rotatable bonds is 3. The number of nitrogens with one attached hydrogen (secondary N) is 1. The first kappa shape index (κ1) is 12.2. The highest BCUT2D eigenvalue weighted by molar-refractivity contribution is 5.75. The number of aliphatic carboxylic acids is 1. The molecule has 0 bridgehead atoms. The molecule has 2 N–H and O–H groups in total. The topological polar surface area (TPSA) is 69.6 Å². The van der Waals surface area contributed by atoms with Crippen LogP contribution in [0.5, 0.6) is 0 Å². The zero-order valence-electron chi connectivity index (χ0n) is 10.0. The van der Waals surface area contributed by atoms with E-state index in [1.54, 1.807) is 4.90 Å². The van der Waals surface area contributed by atoms with Gasteiger partial charge in [-0.1, -0.05) is 6.42 Å². The van der Waals surface area contributed by atoms with Gasteiger partial charge in [-0.3, -0.25) is 4.79 Å². The van der Waals surface area contributed by atoms with Gasteiger partial charge in [0.2, 0.25) is 0 Å². The van der Waals surface area contributed by atoms with E-state index < -0.39 is 5.97 Å². The Bertz CT molecular complexity index is 294. The van der Waals surface area contributed by atoms with E-state index in [0.717, 1.165) is 6.54 Å². The molecule has 2 aliphatic rings. The molecule has 96 valence electrons. The van der Waals surface area contributed by atoms with Crippen molar-refractivity contribution in [2.45, 2.75) is 32.1 Å². The summed E-state index contributed by atoms with van der Waals surface area (Å²) < 4.78 is 0. The number of nitrogens with zero attached hydrogens (tertiary/aromatic N) is 1. The van der Waals surface area contributed by atoms with Crippen molar-refractivity contribution in [2.24, 2.45) is 11.8 Å². The first-order valence-electron chi connectivity index (χ1n) is 6.42. The predicted molar refractivity (Wildman–Crippen MR) is 62.7 cm³/mol. The number of hydrogen-bond donors (Lipinski definition) is 2. The quantitative estimate of drug-likeness (QED) is 0.781. The van der Waals surface area contributed by atoms with Crippen LogP contribution >= 0.6 is 0 Å². The number of amides is 2. The van der Waals surface area contributed by atoms with Crippen LogP contribution in [0, 0.1) is 11.8 Å². The fraction of sp³-hybridized carbons (Fsp3) is 0.833. The molecular formula is C12H20N2O3. The van der Waals surface area contributed by atoms with Crippen molar-refractivity contribution in [2.75, 3.05) is 19.6 Å². The average Bonchev–Trinajstić information content (AvgIpc) is 2.27. The van der Waals surface area contributed by atoms with Crippen LogP contribution in [0.1, 0.15) is 32.1 Å². The molecule has 1 saturated carbocycles. The maximum absolute atomic E-state index is 11.8. The van der Waals surface area contributed by atoms with Crippen molar-refractivity contribution < 1.29 is 14.7 Å². The van der Waals surface area contributed by atoms with E-state index in [1.807, 2.05) is 0 Å². The van der Waals surface area contributed by atoms with E-state index in [2.05, 4.69) is 5.32 Å². The number of piperidine rings is 1. The summed E-state index contributed by atoms with van der Waals surface area (Å²) >= 11 is 0. The molecule has 2 rings (SSSR count). The Morgan fingerprint density at radius 3 is 2.29 bits per heavy atom. The van der Waals surface area contributed by atoms with E-state index in [-0.39, 0.29) is 11.9 Å². The third kappa shape index (κ3) is 3.11. The summed E-state index contributed by atoms with van der Waals surface area (Å²) in [7, 11) is 0. The second kappa shape index (κ2) is 5.38. The number of carboxylic acids is 1. The Balaban J connectivity index is 1.68. The highest BCUT2D eigenvalue weighted by Crippen LogP contribution is 2.25. The monoisotopic (exact) mass is 240 g/mol. The normalized spacial score (nSPS) is 22.0. The van der Waals surface area contributed by atoms with Crippen molar-refractivity contribution in [1.29, 1.82) is 0 Å². The van der Waals surface area contributed by atoms with E-state index in [4.69, 9.17) is 5.11 Å². The maximum Gasteiger partial charge on any atom is 0.317 e. The van der Waals surface area contributed by atoms with Crippen LogP contribution in [0.25, 0.3) is 0 Å². The maximum atomic E-state index is 11.8. The molecule has 0 atom stereocenters. The lowest BCUT2D eigenvalue weighted by atomic mass is 9.85. The van der Waals surface area contributed by atoms with Crippen molar-refractivity contribution in [1.82, 2.24) is 10.2 Å². The van der Waals surface area contributed by atoms with Gasteiger partial charge in [0.25, 0.3) is 0 Å². The van der Waals surface area contributed by atoms with E-state index >= 15 is 0 Å². The molecule has 1 saturated heterocycles. The summed E-state index contributed by atoms with van der Waals surface area (Å²) in [5, 5.41) is 11.8. The van der Waals surface area contributed by atoms with E-state index in [9.17, 15) is 9.59 Å². The molecule has 0 aromatic rings. The molecule has 5 nitrogen and oxygen atoms in total. The molecule has 5 heteroatoms. The van der Waals surface area contributed by atoms with E-state index in [1.165, 1.54) is 19.3 Å². The molecule has 0 aromatic heterocycles. The van der Waals surface area contributed by atoms with E-state index in [0.29, 0.717) is 31.8 Å². The van der Waals surface area contributed by atoms with Crippen LogP contribution in [0.2, 0.25) is 0 Å². The van der Waals surface area contributed by atoms with Gasteiger partial charge in [-0.2, -0.15) is 0 Å². The molecule has 1 heterocycles. The molecule has 0 radical (unpaired) electrons. The SMILES string of the molecule is O=C(O)C1CCN(C(=O)NCC2CCC2)CC1. The third-order valence-electron chi connectivity index (χ3n) is 3.90. The van der Waals surface area contributed by atoms with Crippen LogP contribution < -0.4 is 5.32 Å². The summed E-state index contributed by atoms with van der Waals surface area (Å²) in [6.07, 6.45) is 4.88. The zero-order valence-corrected chi connectivity index (χ0v) is 10.0. The highest BCUT2D eigenvalue weighted by Gasteiger charge is 2.27. The number of carbonyl (C=O) groups excluding carboxylic acids is 1. The van der Waals surface area contributed by atoms with Crippen molar-refractivity contribution in [3.8, 4) is 0 Å². The lowest BCUT2D eigenvalue weighted by Crippen LogP contribution is -2.47. The smallest absolute Gasteiger partial charge is 0.317 e. The Kier molecular flexibility index (Phi) is 3.86. The number of hydrogen-bond acceptors (Lipinski definition) is 2. The van der Waals surface area contributed by atoms with Gasteiger partial charge in [0.15, 0.2) is 0 Å². The molecule has 1 aliphatic heterocycles. The summed E-state index contributed by atoms with van der Waals surface area (Å²) in [5.74, 6) is -0.347. The van der Waals surface area contributed by atoms with Crippen LogP contribution in [-0.2, 0) is 4.79 Å². The summed E-state index contributed by atoms with van der Waals surface area (Å²) in [6, 6.07) is -0.0271. The second-order valence-electron chi connectivity index (χ2n) is 5.08. The van der Waals surface area contributed by atoms with Gasteiger partial charge in [-0.15, -0.1) is 0 Å². The van der Waals surface area contributed by atoms with Crippen LogP contribution in [0.15, 0.2) is 0 Å². The summed E-state index contributed by atoms with van der Waals surface area (Å²) in [6.45, 7) is 1.90. The molecule has 1 aliphatic carbocycles. The van der Waals surface area contributed by atoms with Gasteiger partial charge in [0.05, 0.1) is 5.92 Å². The third-order valence-corrected chi connectivity index (χ3v) is 3.90. The van der Waals surface area contributed by atoms with Crippen LogP contribution in [0.4, 0.5) is 4.79 Å². The van der Waals surface area contributed by atoms with Gasteiger partial charge in [0, 0.05) is 19.6 Å². The van der Waals surface area contributed by atoms with Gasteiger partial charge >= 0.3 is 12.0 Å². The number of likely N-dealkylation sites (tertiary alicyclic amines) is 1. The Morgan fingerprint density at radius 1 is 1.18 bits per heavy atom. The number of carbonyl (C=O) groups is 2. The molecule has 17 heavy (non-hydrogen) atoms. The summed E-state index contributed by atoms with van der Waals surface area (Å²) in [5.41, 5.74) is 0. The molecule has 2 amide bonds. The predicted octanol–water partition coefficient (Wildman–Crippen LogP) is 1.29. The van der Waals surface area contributed by atoms with Crippen LogP contribution in [-0.4, -0.2) is 41.6 Å².